The van der Waals surface area contributed by atoms with Gasteiger partial charge in [-0.05, 0) is 37.0 Å². The highest BCUT2D eigenvalue weighted by atomic mass is 16.4. The van der Waals surface area contributed by atoms with Gasteiger partial charge in [0.1, 0.15) is 6.04 Å². The van der Waals surface area contributed by atoms with E-state index in [2.05, 4.69) is 5.32 Å². The van der Waals surface area contributed by atoms with Crippen LogP contribution in [-0.2, 0) is 15.2 Å². The first-order chi connectivity index (χ1) is 13.7. The summed E-state index contributed by atoms with van der Waals surface area (Å²) in [5, 5.41) is 22.2. The van der Waals surface area contributed by atoms with Crippen molar-refractivity contribution < 1.29 is 34.2 Å². The molecular formula is C19H19N3O7. The van der Waals surface area contributed by atoms with Crippen molar-refractivity contribution >= 4 is 29.7 Å². The average Bonchev–Trinajstić information content (AvgIpc) is 2.93. The van der Waals surface area contributed by atoms with E-state index in [1.54, 1.807) is 6.07 Å². The third-order valence-electron chi connectivity index (χ3n) is 5.84. The molecule has 1 unspecified atom stereocenters. The number of piperidine rings is 2. The number of nitrogens with zero attached hydrogens (tertiary/aromatic N) is 2. The molecule has 3 N–H and O–H groups in total. The van der Waals surface area contributed by atoms with Crippen molar-refractivity contribution in [2.75, 3.05) is 13.1 Å². The quantitative estimate of drug-likeness (QED) is 0.594. The standard InChI is InChI=1S/C19H19N3O7/c23-14-4-3-13(15(24)20-14)22-16(25)11-2-1-10(9-12(11)17(22)26)19(29)5-7-21(8-6-19)18(27)28/h1-2,9,13,29H,3-8H2,(H,27,28)(H,20,23,24). The van der Waals surface area contributed by atoms with E-state index in [0.29, 0.717) is 5.56 Å². The lowest BCUT2D eigenvalue weighted by atomic mass is 9.83. The topological polar surface area (TPSA) is 144 Å². The van der Waals surface area contributed by atoms with Gasteiger partial charge in [0.05, 0.1) is 16.7 Å². The van der Waals surface area contributed by atoms with Crippen molar-refractivity contribution in [3.05, 3.63) is 34.9 Å². The molecule has 10 heteroatoms. The number of likely N-dealkylation sites (tertiary alicyclic amines) is 1. The summed E-state index contributed by atoms with van der Waals surface area (Å²) in [7, 11) is 0. The molecule has 0 bridgehead atoms. The van der Waals surface area contributed by atoms with Crippen molar-refractivity contribution in [1.29, 1.82) is 0 Å². The second kappa shape index (κ2) is 6.66. The summed E-state index contributed by atoms with van der Waals surface area (Å²) >= 11 is 0. The molecule has 0 saturated carbocycles. The maximum Gasteiger partial charge on any atom is 0.407 e. The number of aliphatic hydroxyl groups is 1. The van der Waals surface area contributed by atoms with Gasteiger partial charge in [-0.3, -0.25) is 29.4 Å². The first-order valence-corrected chi connectivity index (χ1v) is 9.27. The lowest BCUT2D eigenvalue weighted by Gasteiger charge is -2.37. The molecule has 29 heavy (non-hydrogen) atoms. The minimum atomic E-state index is -1.31. The number of fused-ring (bicyclic) bond motifs is 1. The summed E-state index contributed by atoms with van der Waals surface area (Å²) in [4.78, 5) is 62.2. The van der Waals surface area contributed by atoms with E-state index in [-0.39, 0.29) is 49.9 Å². The van der Waals surface area contributed by atoms with Crippen molar-refractivity contribution in [2.24, 2.45) is 0 Å². The third-order valence-corrected chi connectivity index (χ3v) is 5.84. The number of nitrogens with one attached hydrogen (secondary N) is 1. The minimum Gasteiger partial charge on any atom is -0.465 e. The van der Waals surface area contributed by atoms with E-state index in [1.807, 2.05) is 0 Å². The first kappa shape index (κ1) is 19.1. The van der Waals surface area contributed by atoms with Crippen LogP contribution in [0.25, 0.3) is 0 Å². The Morgan fingerprint density at radius 3 is 2.34 bits per heavy atom. The first-order valence-electron chi connectivity index (χ1n) is 9.27. The lowest BCUT2D eigenvalue weighted by Crippen LogP contribution is -2.54. The van der Waals surface area contributed by atoms with Gasteiger partial charge in [0.25, 0.3) is 11.8 Å². The van der Waals surface area contributed by atoms with Gasteiger partial charge in [0.15, 0.2) is 0 Å². The number of hydrogen-bond acceptors (Lipinski definition) is 6. The fourth-order valence-corrected chi connectivity index (χ4v) is 4.12. The van der Waals surface area contributed by atoms with Crippen LogP contribution in [0.5, 0.6) is 0 Å². The Hall–Kier alpha value is -3.27. The van der Waals surface area contributed by atoms with Crippen LogP contribution >= 0.6 is 0 Å². The second-order valence-electron chi connectivity index (χ2n) is 7.51. The molecule has 1 aromatic carbocycles. The maximum absolute atomic E-state index is 12.9. The zero-order chi connectivity index (χ0) is 20.9. The van der Waals surface area contributed by atoms with Gasteiger partial charge in [-0.25, -0.2) is 4.79 Å². The summed E-state index contributed by atoms with van der Waals surface area (Å²) in [6.45, 7) is 0.302. The maximum atomic E-state index is 12.9. The molecule has 10 nitrogen and oxygen atoms in total. The Labute approximate surface area is 165 Å². The Morgan fingerprint density at radius 2 is 1.72 bits per heavy atom. The third kappa shape index (κ3) is 3.05. The van der Waals surface area contributed by atoms with E-state index in [0.717, 1.165) is 4.90 Å². The van der Waals surface area contributed by atoms with Crippen LogP contribution in [-0.4, -0.2) is 68.9 Å². The number of rotatable bonds is 2. The molecule has 0 radical (unpaired) electrons. The summed E-state index contributed by atoms with van der Waals surface area (Å²) in [5.74, 6) is -2.39. The van der Waals surface area contributed by atoms with Gasteiger partial charge in [-0.15, -0.1) is 0 Å². The summed E-state index contributed by atoms with van der Waals surface area (Å²) in [6, 6.07) is 3.38. The van der Waals surface area contributed by atoms with E-state index in [4.69, 9.17) is 5.11 Å². The van der Waals surface area contributed by atoms with Crippen LogP contribution in [0.15, 0.2) is 18.2 Å². The normalized spacial score (nSPS) is 23.8. The molecule has 4 rings (SSSR count). The molecule has 1 atom stereocenters. The highest BCUT2D eigenvalue weighted by Crippen LogP contribution is 2.36. The average molecular weight is 401 g/mol. The molecule has 3 aliphatic rings. The summed E-state index contributed by atoms with van der Waals surface area (Å²) in [6.07, 6.45) is -0.622. The summed E-state index contributed by atoms with van der Waals surface area (Å²) in [5.41, 5.74) is -0.666. The molecular weight excluding hydrogens is 382 g/mol. The Balaban J connectivity index is 1.60. The minimum absolute atomic E-state index is 0.0366. The Morgan fingerprint density at radius 1 is 1.07 bits per heavy atom. The monoisotopic (exact) mass is 401 g/mol. The van der Waals surface area contributed by atoms with Crippen molar-refractivity contribution in [2.45, 2.75) is 37.3 Å². The van der Waals surface area contributed by atoms with Crippen LogP contribution in [0.1, 0.15) is 52.0 Å². The van der Waals surface area contributed by atoms with E-state index in [1.165, 1.54) is 17.0 Å². The van der Waals surface area contributed by atoms with Gasteiger partial charge in [0, 0.05) is 19.5 Å². The molecule has 0 aromatic heterocycles. The predicted octanol–water partition coefficient (Wildman–Crippen LogP) is 0.0492. The number of benzene rings is 1. The number of carbonyl (C=O) groups excluding carboxylic acids is 4. The molecule has 2 fully saturated rings. The molecule has 3 aliphatic heterocycles. The van der Waals surface area contributed by atoms with E-state index < -0.39 is 41.4 Å². The van der Waals surface area contributed by atoms with Crippen LogP contribution in [0, 0.1) is 0 Å². The fraction of sp³-hybridized carbons (Fsp3) is 0.421. The SMILES string of the molecule is O=C1CCC(N2C(=O)c3ccc(C4(O)CCN(C(=O)O)CC4)cc3C2=O)C(=O)N1. The van der Waals surface area contributed by atoms with Crippen LogP contribution < -0.4 is 5.32 Å². The van der Waals surface area contributed by atoms with E-state index in [9.17, 15) is 29.1 Å². The zero-order valence-electron chi connectivity index (χ0n) is 15.4. The molecule has 152 valence electrons. The van der Waals surface area contributed by atoms with Crippen molar-refractivity contribution in [1.82, 2.24) is 15.1 Å². The van der Waals surface area contributed by atoms with Crippen molar-refractivity contribution in [3.8, 4) is 0 Å². The number of hydrogen-bond donors (Lipinski definition) is 3. The number of carboxylic acid groups (broad SMARTS) is 1. The lowest BCUT2D eigenvalue weighted by molar-refractivity contribution is -0.136. The van der Waals surface area contributed by atoms with Crippen LogP contribution in [0.2, 0.25) is 0 Å². The van der Waals surface area contributed by atoms with Crippen LogP contribution in [0.3, 0.4) is 0 Å². The molecule has 1 aromatic rings. The molecule has 5 amide bonds. The number of amides is 5. The predicted molar refractivity (Wildman–Crippen MR) is 95.8 cm³/mol. The number of carbonyl (C=O) groups is 5. The largest absolute Gasteiger partial charge is 0.465 e. The smallest absolute Gasteiger partial charge is 0.407 e. The Bertz CT molecular complexity index is 949. The molecule has 0 aliphatic carbocycles. The second-order valence-corrected chi connectivity index (χ2v) is 7.51. The number of imide groups is 2. The van der Waals surface area contributed by atoms with Gasteiger partial charge in [-0.2, -0.15) is 0 Å². The van der Waals surface area contributed by atoms with Gasteiger partial charge in [0.2, 0.25) is 11.8 Å². The van der Waals surface area contributed by atoms with Gasteiger partial charge >= 0.3 is 6.09 Å². The molecule has 3 heterocycles. The van der Waals surface area contributed by atoms with Crippen LogP contribution in [0.4, 0.5) is 4.79 Å². The van der Waals surface area contributed by atoms with Crippen molar-refractivity contribution in [3.63, 3.8) is 0 Å². The summed E-state index contributed by atoms with van der Waals surface area (Å²) < 4.78 is 0. The fourth-order valence-electron chi connectivity index (χ4n) is 4.12. The van der Waals surface area contributed by atoms with E-state index >= 15 is 0 Å². The van der Waals surface area contributed by atoms with Gasteiger partial charge in [-0.1, -0.05) is 6.07 Å². The zero-order valence-corrected chi connectivity index (χ0v) is 15.4. The highest BCUT2D eigenvalue weighted by Gasteiger charge is 2.45. The molecule has 0 spiro atoms. The van der Waals surface area contributed by atoms with Gasteiger partial charge < -0.3 is 15.1 Å². The highest BCUT2D eigenvalue weighted by molar-refractivity contribution is 6.23. The Kier molecular flexibility index (Phi) is 4.38. The molecule has 2 saturated heterocycles.